The molecule has 3 rings (SSSR count). The largest absolute Gasteiger partial charge is 0.388 e. The van der Waals surface area contributed by atoms with Crippen LogP contribution in [-0.4, -0.2) is 14.9 Å². The molecule has 1 unspecified atom stereocenters. The van der Waals surface area contributed by atoms with Gasteiger partial charge in [-0.1, -0.05) is 50.3 Å². The molecule has 1 N–H and O–H groups in total. The Morgan fingerprint density at radius 3 is 2.65 bits per heavy atom. The zero-order chi connectivity index (χ0) is 13.8. The van der Waals surface area contributed by atoms with Crippen molar-refractivity contribution < 1.29 is 5.11 Å². The van der Waals surface area contributed by atoms with Crippen molar-refractivity contribution in [2.75, 3.05) is 0 Å². The van der Waals surface area contributed by atoms with Crippen molar-refractivity contribution in [2.45, 2.75) is 44.6 Å². The van der Waals surface area contributed by atoms with E-state index in [2.05, 4.69) is 5.10 Å². The molecule has 2 aromatic rings. The Bertz CT molecular complexity index is 529. The Kier molecular flexibility index (Phi) is 4.16. The molecule has 20 heavy (non-hydrogen) atoms. The zero-order valence-electron chi connectivity index (χ0n) is 11.8. The van der Waals surface area contributed by atoms with Crippen LogP contribution in [0.25, 0.3) is 5.69 Å². The number of aromatic nitrogens is 2. The maximum atomic E-state index is 10.4. The highest BCUT2D eigenvalue weighted by molar-refractivity contribution is 5.31. The summed E-state index contributed by atoms with van der Waals surface area (Å²) in [5, 5.41) is 14.7. The van der Waals surface area contributed by atoms with Gasteiger partial charge in [-0.05, 0) is 24.5 Å². The molecule has 1 aliphatic rings. The molecule has 3 nitrogen and oxygen atoms in total. The maximum Gasteiger partial charge on any atom is 0.0823 e. The van der Waals surface area contributed by atoms with Crippen LogP contribution in [0.4, 0.5) is 0 Å². The summed E-state index contributed by atoms with van der Waals surface area (Å²) in [7, 11) is 0. The first-order valence-corrected chi connectivity index (χ1v) is 7.61. The fourth-order valence-corrected chi connectivity index (χ4v) is 3.11. The fraction of sp³-hybridized carbons (Fsp3) is 0.471. The van der Waals surface area contributed by atoms with Crippen LogP contribution in [-0.2, 0) is 0 Å². The van der Waals surface area contributed by atoms with Crippen LogP contribution in [0.3, 0.4) is 0 Å². The third-order valence-corrected chi connectivity index (χ3v) is 4.29. The van der Waals surface area contributed by atoms with Gasteiger partial charge in [-0.2, -0.15) is 5.10 Å². The van der Waals surface area contributed by atoms with E-state index in [0.717, 1.165) is 17.7 Å². The van der Waals surface area contributed by atoms with Gasteiger partial charge in [0.1, 0.15) is 0 Å². The van der Waals surface area contributed by atoms with Gasteiger partial charge in [0.05, 0.1) is 18.0 Å². The first-order chi connectivity index (χ1) is 9.83. The van der Waals surface area contributed by atoms with Gasteiger partial charge in [-0.15, -0.1) is 0 Å². The first kappa shape index (κ1) is 13.4. The third-order valence-electron chi connectivity index (χ3n) is 4.29. The van der Waals surface area contributed by atoms with Gasteiger partial charge in [0, 0.05) is 11.8 Å². The minimum Gasteiger partial charge on any atom is -0.388 e. The average molecular weight is 270 g/mol. The first-order valence-electron chi connectivity index (χ1n) is 7.61. The summed E-state index contributed by atoms with van der Waals surface area (Å²) in [4.78, 5) is 0. The fourth-order valence-electron chi connectivity index (χ4n) is 3.11. The Balaban J connectivity index is 1.66. The number of aliphatic hydroxyl groups excluding tert-OH is 1. The Labute approximate surface area is 120 Å². The number of benzene rings is 1. The molecule has 1 fully saturated rings. The second-order valence-electron chi connectivity index (χ2n) is 5.81. The summed E-state index contributed by atoms with van der Waals surface area (Å²) in [6.45, 7) is 0. The molecule has 106 valence electrons. The van der Waals surface area contributed by atoms with Gasteiger partial charge in [0.2, 0.25) is 0 Å². The summed E-state index contributed by atoms with van der Waals surface area (Å²) in [5.74, 6) is 0.679. The van der Waals surface area contributed by atoms with E-state index in [4.69, 9.17) is 0 Å². The molecule has 0 amide bonds. The molecule has 0 saturated heterocycles. The van der Waals surface area contributed by atoms with Crippen molar-refractivity contribution in [2.24, 2.45) is 5.92 Å². The van der Waals surface area contributed by atoms with Crippen molar-refractivity contribution in [3.05, 3.63) is 48.3 Å². The van der Waals surface area contributed by atoms with Crippen LogP contribution in [0.2, 0.25) is 0 Å². The van der Waals surface area contributed by atoms with Gasteiger partial charge in [-0.25, -0.2) is 4.68 Å². The van der Waals surface area contributed by atoms with Crippen molar-refractivity contribution in [3.63, 3.8) is 0 Å². The normalized spacial score (nSPS) is 18.1. The van der Waals surface area contributed by atoms with Crippen LogP contribution in [0.1, 0.15) is 50.2 Å². The minimum absolute atomic E-state index is 0.379. The smallest absolute Gasteiger partial charge is 0.0823 e. The van der Waals surface area contributed by atoms with E-state index in [1.165, 1.54) is 32.1 Å². The Morgan fingerprint density at radius 2 is 1.90 bits per heavy atom. The highest BCUT2D eigenvalue weighted by Gasteiger charge is 2.19. The maximum absolute atomic E-state index is 10.4. The Morgan fingerprint density at radius 1 is 1.15 bits per heavy atom. The second-order valence-corrected chi connectivity index (χ2v) is 5.81. The Hall–Kier alpha value is -1.61. The van der Waals surface area contributed by atoms with Gasteiger partial charge < -0.3 is 5.11 Å². The second kappa shape index (κ2) is 6.23. The number of hydrogen-bond donors (Lipinski definition) is 1. The molecule has 0 radical (unpaired) electrons. The van der Waals surface area contributed by atoms with Gasteiger partial charge >= 0.3 is 0 Å². The van der Waals surface area contributed by atoms with Gasteiger partial charge in [0.25, 0.3) is 0 Å². The van der Waals surface area contributed by atoms with Crippen molar-refractivity contribution >= 4 is 0 Å². The van der Waals surface area contributed by atoms with E-state index < -0.39 is 0 Å². The summed E-state index contributed by atoms with van der Waals surface area (Å²) < 4.78 is 1.83. The molecule has 0 spiro atoms. The molecule has 1 aliphatic carbocycles. The van der Waals surface area contributed by atoms with E-state index in [-0.39, 0.29) is 6.10 Å². The molecule has 1 aromatic heterocycles. The van der Waals surface area contributed by atoms with Crippen molar-refractivity contribution in [3.8, 4) is 5.69 Å². The number of hydrogen-bond acceptors (Lipinski definition) is 2. The lowest BCUT2D eigenvalue weighted by Crippen LogP contribution is -2.10. The SMILES string of the molecule is OC(CC1CCCCC1)c1cnn(-c2ccccc2)c1. The van der Waals surface area contributed by atoms with E-state index in [9.17, 15) is 5.11 Å². The predicted molar refractivity (Wildman–Crippen MR) is 79.7 cm³/mol. The molecule has 0 bridgehead atoms. The molecular weight excluding hydrogens is 248 g/mol. The molecule has 0 aliphatic heterocycles. The highest BCUT2D eigenvalue weighted by atomic mass is 16.3. The number of rotatable bonds is 4. The molecule has 1 saturated carbocycles. The van der Waals surface area contributed by atoms with E-state index in [1.54, 1.807) is 6.20 Å². The number of para-hydroxylation sites is 1. The van der Waals surface area contributed by atoms with Crippen LogP contribution in [0.5, 0.6) is 0 Å². The minimum atomic E-state index is -0.379. The topological polar surface area (TPSA) is 38.1 Å². The van der Waals surface area contributed by atoms with Crippen LogP contribution in [0.15, 0.2) is 42.7 Å². The van der Waals surface area contributed by atoms with Crippen molar-refractivity contribution in [1.82, 2.24) is 9.78 Å². The monoisotopic (exact) mass is 270 g/mol. The summed E-state index contributed by atoms with van der Waals surface area (Å²) in [6.07, 6.45) is 10.8. The van der Waals surface area contributed by atoms with E-state index in [0.29, 0.717) is 5.92 Å². The lowest BCUT2D eigenvalue weighted by atomic mass is 9.84. The highest BCUT2D eigenvalue weighted by Crippen LogP contribution is 2.31. The number of nitrogens with zero attached hydrogens (tertiary/aromatic N) is 2. The summed E-state index contributed by atoms with van der Waals surface area (Å²) in [6, 6.07) is 10.0. The zero-order valence-corrected chi connectivity index (χ0v) is 11.8. The lowest BCUT2D eigenvalue weighted by molar-refractivity contribution is 0.131. The molecule has 1 aromatic carbocycles. The predicted octanol–water partition coefficient (Wildman–Crippen LogP) is 3.88. The number of aliphatic hydroxyl groups is 1. The average Bonchev–Trinajstić information content (AvgIpc) is 2.99. The van der Waals surface area contributed by atoms with Gasteiger partial charge in [0.15, 0.2) is 0 Å². The molecule has 3 heteroatoms. The lowest BCUT2D eigenvalue weighted by Gasteiger charge is -2.23. The third kappa shape index (κ3) is 3.10. The quantitative estimate of drug-likeness (QED) is 0.915. The standard InChI is InChI=1S/C17H22N2O/c20-17(11-14-7-3-1-4-8-14)15-12-18-19(13-15)16-9-5-2-6-10-16/h2,5-6,9-10,12-14,17,20H,1,3-4,7-8,11H2. The summed E-state index contributed by atoms with van der Waals surface area (Å²) >= 11 is 0. The van der Waals surface area contributed by atoms with Crippen LogP contribution in [0, 0.1) is 5.92 Å². The van der Waals surface area contributed by atoms with E-state index >= 15 is 0 Å². The molecule has 1 heterocycles. The summed E-state index contributed by atoms with van der Waals surface area (Å²) in [5.41, 5.74) is 1.96. The molecular formula is C17H22N2O. The van der Waals surface area contributed by atoms with Crippen LogP contribution < -0.4 is 0 Å². The molecule has 1 atom stereocenters. The van der Waals surface area contributed by atoms with Crippen molar-refractivity contribution in [1.29, 1.82) is 0 Å². The van der Waals surface area contributed by atoms with Gasteiger partial charge in [-0.3, -0.25) is 0 Å². The van der Waals surface area contributed by atoms with E-state index in [1.807, 2.05) is 41.2 Å². The van der Waals surface area contributed by atoms with Crippen LogP contribution >= 0.6 is 0 Å².